The van der Waals surface area contributed by atoms with Gasteiger partial charge < -0.3 is 0 Å². The van der Waals surface area contributed by atoms with Crippen molar-refractivity contribution in [1.82, 2.24) is 15.0 Å². The van der Waals surface area contributed by atoms with Crippen LogP contribution in [-0.2, 0) is 7.05 Å². The van der Waals surface area contributed by atoms with E-state index in [1.807, 2.05) is 66.4 Å². The third-order valence-corrected chi connectivity index (χ3v) is 5.36. The van der Waals surface area contributed by atoms with Gasteiger partial charge >= 0.3 is 0 Å². The van der Waals surface area contributed by atoms with Gasteiger partial charge in [-0.25, -0.2) is 9.97 Å². The van der Waals surface area contributed by atoms with Crippen molar-refractivity contribution >= 4 is 5.87 Å². The van der Waals surface area contributed by atoms with Gasteiger partial charge in [0.25, 0.3) is 0 Å². The van der Waals surface area contributed by atoms with E-state index >= 15 is 0 Å². The highest BCUT2D eigenvalue weighted by Gasteiger charge is 2.36. The highest BCUT2D eigenvalue weighted by molar-refractivity contribution is 5.74. The summed E-state index contributed by atoms with van der Waals surface area (Å²) in [6.45, 7) is 0. The maximum atomic E-state index is 9.56. The Labute approximate surface area is 190 Å². The molecule has 4 rings (SSSR count). The quantitative estimate of drug-likeness (QED) is 0.293. The largest absolute Gasteiger partial charge is 0.258 e. The van der Waals surface area contributed by atoms with E-state index in [-0.39, 0.29) is 11.5 Å². The van der Waals surface area contributed by atoms with Gasteiger partial charge in [0.05, 0.1) is 41.1 Å². The van der Waals surface area contributed by atoms with Crippen LogP contribution in [0, 0.1) is 45.3 Å². The Hall–Kier alpha value is -4.96. The highest BCUT2D eigenvalue weighted by Crippen LogP contribution is 2.41. The maximum absolute atomic E-state index is 9.56. The van der Waals surface area contributed by atoms with Gasteiger partial charge in [-0.1, -0.05) is 18.2 Å². The van der Waals surface area contributed by atoms with Crippen molar-refractivity contribution in [2.75, 3.05) is 0 Å². The van der Waals surface area contributed by atoms with Gasteiger partial charge in [0.1, 0.15) is 24.4 Å². The molecule has 0 aliphatic heterocycles. The predicted octanol–water partition coefficient (Wildman–Crippen LogP) is 3.09. The normalized spacial score (nSPS) is 16.1. The Morgan fingerprint density at radius 2 is 1.61 bits per heavy atom. The van der Waals surface area contributed by atoms with Gasteiger partial charge in [0, 0.05) is 18.3 Å². The number of nitrogens with zero attached hydrogens (tertiary/aromatic N) is 7. The molecule has 0 saturated carbocycles. The minimum Gasteiger partial charge on any atom is -0.258 e. The summed E-state index contributed by atoms with van der Waals surface area (Å²) in [7, 11) is 1.88. The lowest BCUT2D eigenvalue weighted by molar-refractivity contribution is -0.660. The average molecular weight is 428 g/mol. The van der Waals surface area contributed by atoms with Gasteiger partial charge in [0.2, 0.25) is 5.69 Å². The second-order valence-electron chi connectivity index (χ2n) is 7.23. The van der Waals surface area contributed by atoms with Crippen molar-refractivity contribution in [1.29, 1.82) is 21.2 Å². The van der Waals surface area contributed by atoms with Crippen LogP contribution in [-0.4, -0.2) is 20.8 Å². The molecule has 2 unspecified atom stereocenters. The zero-order valence-corrected chi connectivity index (χ0v) is 17.6. The molecule has 0 spiro atoms. The van der Waals surface area contributed by atoms with Gasteiger partial charge in [0.15, 0.2) is 17.8 Å². The summed E-state index contributed by atoms with van der Waals surface area (Å²) in [5, 5.41) is 36.2. The molecule has 3 aromatic rings. The molecule has 155 valence electrons. The van der Waals surface area contributed by atoms with Crippen molar-refractivity contribution in [2.45, 2.75) is 11.8 Å². The van der Waals surface area contributed by atoms with E-state index < -0.39 is 11.8 Å². The Morgan fingerprint density at radius 3 is 2.24 bits per heavy atom. The number of aryl methyl sites for hydroxylation is 1. The van der Waals surface area contributed by atoms with Crippen molar-refractivity contribution < 1.29 is 4.57 Å². The molecule has 1 radical (unpaired) electrons. The van der Waals surface area contributed by atoms with Crippen LogP contribution in [0.4, 0.5) is 0 Å². The van der Waals surface area contributed by atoms with Crippen molar-refractivity contribution in [3.8, 4) is 41.0 Å². The lowest BCUT2D eigenvalue weighted by Crippen LogP contribution is -2.31. The molecule has 1 aliphatic carbocycles. The lowest BCUT2D eigenvalue weighted by Gasteiger charge is -2.25. The summed E-state index contributed by atoms with van der Waals surface area (Å²) in [6.07, 6.45) is 6.86. The highest BCUT2D eigenvalue weighted by atomic mass is 15.0. The fraction of sp³-hybridized carbons (Fsp3) is 0.120. The van der Waals surface area contributed by atoms with Crippen LogP contribution in [0.15, 0.2) is 66.5 Å². The van der Waals surface area contributed by atoms with Crippen LogP contribution in [0.3, 0.4) is 0 Å². The molecule has 1 N–H and O–H groups in total. The molecule has 33 heavy (non-hydrogen) atoms. The first-order chi connectivity index (χ1) is 16.1. The molecule has 8 nitrogen and oxygen atoms in total. The van der Waals surface area contributed by atoms with Crippen LogP contribution < -0.4 is 4.57 Å². The second-order valence-corrected chi connectivity index (χ2v) is 7.23. The van der Waals surface area contributed by atoms with E-state index in [1.54, 1.807) is 24.4 Å². The minimum absolute atomic E-state index is 0.0393. The molecular weight excluding hydrogens is 412 g/mol. The summed E-state index contributed by atoms with van der Waals surface area (Å²) < 4.78 is 1.90. The molecular formula is C25H16N8+. The molecule has 0 amide bonds. The summed E-state index contributed by atoms with van der Waals surface area (Å²) in [4.78, 5) is 14.2. The fourth-order valence-corrected chi connectivity index (χ4v) is 3.76. The predicted molar refractivity (Wildman–Crippen MR) is 118 cm³/mol. The monoisotopic (exact) mass is 428 g/mol. The van der Waals surface area contributed by atoms with E-state index in [0.29, 0.717) is 28.5 Å². The molecule has 3 heterocycles. The Balaban J connectivity index is 2.09. The third kappa shape index (κ3) is 3.77. The number of allylic oxidation sites excluding steroid dienone is 3. The van der Waals surface area contributed by atoms with Gasteiger partial charge in [-0.2, -0.15) is 20.4 Å². The first-order valence-corrected chi connectivity index (χ1v) is 9.96. The molecule has 0 aromatic carbocycles. The molecule has 0 fully saturated rings. The van der Waals surface area contributed by atoms with E-state index in [2.05, 4.69) is 10.9 Å². The smallest absolute Gasteiger partial charge is 0.233 e. The summed E-state index contributed by atoms with van der Waals surface area (Å²) in [5.41, 5.74) is 3.21. The van der Waals surface area contributed by atoms with Crippen LogP contribution in [0.25, 0.3) is 22.8 Å². The number of aromatic nitrogens is 4. The van der Waals surface area contributed by atoms with Crippen LogP contribution >= 0.6 is 0 Å². The lowest BCUT2D eigenvalue weighted by atomic mass is 9.79. The molecule has 3 aromatic heterocycles. The number of nitrogens with one attached hydrogen (secondary N) is 1. The molecule has 2 atom stereocenters. The molecule has 0 saturated heterocycles. The van der Waals surface area contributed by atoms with E-state index in [4.69, 9.17) is 15.4 Å². The van der Waals surface area contributed by atoms with Crippen molar-refractivity contribution in [3.05, 3.63) is 83.8 Å². The Morgan fingerprint density at radius 1 is 0.909 bits per heavy atom. The minimum atomic E-state index is -0.717. The van der Waals surface area contributed by atoms with Crippen LogP contribution in [0.5, 0.6) is 0 Å². The number of fused-ring (bicyclic) bond motifs is 1. The van der Waals surface area contributed by atoms with E-state index in [9.17, 15) is 15.8 Å². The fourth-order valence-electron chi connectivity index (χ4n) is 3.76. The number of hydrogen-bond donors (Lipinski definition) is 1. The zero-order chi connectivity index (χ0) is 23.4. The maximum Gasteiger partial charge on any atom is 0.233 e. The number of nitriles is 3. The topological polar surface area (TPSA) is 138 Å². The SMILES string of the molecule is C[n+]1ccccc1-c1nc2c(nc1-c1ccccn1)C([C](C#N)C#N)C=CC2C(=C=N)C#N. The first-order valence-electron chi connectivity index (χ1n) is 9.96. The Bertz CT molecular complexity index is 1420. The van der Waals surface area contributed by atoms with Crippen LogP contribution in [0.1, 0.15) is 23.2 Å². The average Bonchev–Trinajstić information content (AvgIpc) is 2.86. The van der Waals surface area contributed by atoms with Crippen molar-refractivity contribution in [2.24, 2.45) is 7.05 Å². The van der Waals surface area contributed by atoms with Gasteiger partial charge in [-0.15, -0.1) is 0 Å². The summed E-state index contributed by atoms with van der Waals surface area (Å²) >= 11 is 0. The van der Waals surface area contributed by atoms with Crippen molar-refractivity contribution in [3.63, 3.8) is 0 Å². The van der Waals surface area contributed by atoms with E-state index in [0.717, 1.165) is 5.69 Å². The second kappa shape index (κ2) is 9.04. The Kier molecular flexibility index (Phi) is 5.83. The molecule has 8 heteroatoms. The summed E-state index contributed by atoms with van der Waals surface area (Å²) in [5.74, 6) is 0.756. The summed E-state index contributed by atoms with van der Waals surface area (Å²) in [6, 6.07) is 17.0. The molecule has 0 bridgehead atoms. The van der Waals surface area contributed by atoms with Gasteiger partial charge in [-0.3, -0.25) is 10.4 Å². The zero-order valence-electron chi connectivity index (χ0n) is 17.6. The number of hydrogen-bond acceptors (Lipinski definition) is 7. The number of pyridine rings is 2. The number of rotatable bonds is 4. The standard InChI is InChI=1S/C25H16N8/c1-33-11-5-3-7-21(33)25-24(20-6-2-4-10-30-20)31-22-18(16(12-26)13-27)8-9-19(23(22)32-25)17(14-28)15-29/h2-11,18-19,28H,1H3/q+1. The molecule has 1 aliphatic rings. The third-order valence-electron chi connectivity index (χ3n) is 5.36. The van der Waals surface area contributed by atoms with E-state index in [1.165, 1.54) is 0 Å². The van der Waals surface area contributed by atoms with Crippen LogP contribution in [0.2, 0.25) is 0 Å². The van der Waals surface area contributed by atoms with Gasteiger partial charge in [-0.05, 0) is 24.1 Å². The first kappa shape index (κ1) is 21.3.